The molecule has 0 saturated carbocycles. The van der Waals surface area contributed by atoms with Gasteiger partial charge in [0.25, 0.3) is 0 Å². The normalized spacial score (nSPS) is 11.6. The van der Waals surface area contributed by atoms with Crippen LogP contribution in [-0.2, 0) is 38.2 Å². The molecule has 0 fully saturated rings. The lowest BCUT2D eigenvalue weighted by Gasteiger charge is -2.18. The number of carbonyl (C=O) groups is 5. The van der Waals surface area contributed by atoms with Crippen LogP contribution >= 0.6 is 0 Å². The van der Waals surface area contributed by atoms with Crippen molar-refractivity contribution in [3.05, 3.63) is 0 Å². The van der Waals surface area contributed by atoms with E-state index in [1.54, 1.807) is 0 Å². The summed E-state index contributed by atoms with van der Waals surface area (Å²) in [7, 11) is 0. The van der Waals surface area contributed by atoms with Crippen LogP contribution in [0.25, 0.3) is 0 Å². The number of carboxylic acids is 3. The van der Waals surface area contributed by atoms with Gasteiger partial charge in [-0.15, -0.1) is 0 Å². The highest BCUT2D eigenvalue weighted by molar-refractivity contribution is 5.70. The summed E-state index contributed by atoms with van der Waals surface area (Å²) in [5, 5.41) is 25.9. The van der Waals surface area contributed by atoms with Gasteiger partial charge in [0.05, 0.1) is 6.61 Å². The summed E-state index contributed by atoms with van der Waals surface area (Å²) in [6, 6.07) is 0. The van der Waals surface area contributed by atoms with Gasteiger partial charge >= 0.3 is 29.8 Å². The van der Waals surface area contributed by atoms with E-state index in [-0.39, 0.29) is 45.3 Å². The predicted molar refractivity (Wildman–Crippen MR) is 133 cm³/mol. The Bertz CT molecular complexity index is 663. The van der Waals surface area contributed by atoms with Crippen LogP contribution in [0.15, 0.2) is 0 Å². The molecule has 0 aromatic rings. The van der Waals surface area contributed by atoms with Crippen LogP contribution in [-0.4, -0.2) is 71.1 Å². The van der Waals surface area contributed by atoms with Crippen LogP contribution < -0.4 is 0 Å². The molecule has 214 valence electrons. The van der Waals surface area contributed by atoms with Crippen LogP contribution in [0.1, 0.15) is 109 Å². The van der Waals surface area contributed by atoms with Crippen molar-refractivity contribution in [2.45, 2.75) is 115 Å². The molecular formula is C26H44O11. The van der Waals surface area contributed by atoms with Crippen molar-refractivity contribution in [3.8, 4) is 0 Å². The molecule has 0 amide bonds. The van der Waals surface area contributed by atoms with Crippen molar-refractivity contribution >= 4 is 29.8 Å². The smallest absolute Gasteiger partial charge is 0.306 e. The van der Waals surface area contributed by atoms with Crippen LogP contribution in [0.3, 0.4) is 0 Å². The second-order valence-corrected chi connectivity index (χ2v) is 9.04. The fourth-order valence-corrected chi connectivity index (χ4v) is 3.47. The molecule has 11 heteroatoms. The Kier molecular flexibility index (Phi) is 22.0. The lowest BCUT2D eigenvalue weighted by Crippen LogP contribution is -2.30. The molecule has 0 aromatic carbocycles. The topological polar surface area (TPSA) is 174 Å². The molecule has 11 nitrogen and oxygen atoms in total. The second kappa shape index (κ2) is 23.7. The Morgan fingerprint density at radius 3 is 1.35 bits per heavy atom. The van der Waals surface area contributed by atoms with Crippen LogP contribution in [0.2, 0.25) is 0 Å². The molecule has 1 unspecified atom stereocenters. The molecule has 0 rings (SSSR count). The van der Waals surface area contributed by atoms with Crippen LogP contribution in [0.5, 0.6) is 0 Å². The highest BCUT2D eigenvalue weighted by Crippen LogP contribution is 2.10. The quantitative estimate of drug-likeness (QED) is 0.107. The van der Waals surface area contributed by atoms with Gasteiger partial charge in [0.2, 0.25) is 0 Å². The van der Waals surface area contributed by atoms with Crippen molar-refractivity contribution in [2.24, 2.45) is 0 Å². The molecule has 0 radical (unpaired) electrons. The maximum atomic E-state index is 12.2. The van der Waals surface area contributed by atoms with E-state index in [4.69, 9.17) is 29.5 Å². The molecule has 0 spiro atoms. The minimum atomic E-state index is -0.838. The Morgan fingerprint density at radius 2 is 0.892 bits per heavy atom. The molecule has 0 heterocycles. The monoisotopic (exact) mass is 532 g/mol. The summed E-state index contributed by atoms with van der Waals surface area (Å²) in [5.41, 5.74) is 0. The SMILES string of the molecule is O=C(O)CCCCCCOCC(COC(=O)CCCCCCC(=O)O)OC(=O)CCCCCCC(=O)O. The fraction of sp³-hybridized carbons (Fsp3) is 0.808. The number of carbonyl (C=O) groups excluding carboxylic acids is 2. The molecule has 0 bridgehead atoms. The van der Waals surface area contributed by atoms with Gasteiger partial charge in [-0.2, -0.15) is 0 Å². The molecule has 0 aliphatic heterocycles. The van der Waals surface area contributed by atoms with Gasteiger partial charge in [-0.3, -0.25) is 24.0 Å². The maximum absolute atomic E-state index is 12.2. The highest BCUT2D eigenvalue weighted by atomic mass is 16.6. The Hall–Kier alpha value is -2.69. The van der Waals surface area contributed by atoms with Crippen molar-refractivity contribution < 1.29 is 53.5 Å². The van der Waals surface area contributed by atoms with E-state index in [0.717, 1.165) is 32.1 Å². The van der Waals surface area contributed by atoms with E-state index in [0.29, 0.717) is 51.6 Å². The summed E-state index contributed by atoms with van der Waals surface area (Å²) in [6.07, 6.45) is 8.12. The third-order valence-electron chi connectivity index (χ3n) is 5.50. The first kappa shape index (κ1) is 34.3. The molecule has 1 atom stereocenters. The average Bonchev–Trinajstić information content (AvgIpc) is 2.82. The van der Waals surface area contributed by atoms with Gasteiger partial charge in [-0.25, -0.2) is 0 Å². The fourth-order valence-electron chi connectivity index (χ4n) is 3.47. The van der Waals surface area contributed by atoms with Crippen LogP contribution in [0.4, 0.5) is 0 Å². The summed E-state index contributed by atoms with van der Waals surface area (Å²) in [6.45, 7) is 0.359. The number of aliphatic carboxylic acids is 3. The summed E-state index contributed by atoms with van der Waals surface area (Å²) < 4.78 is 16.3. The molecule has 0 aromatic heterocycles. The van der Waals surface area contributed by atoms with Gasteiger partial charge in [-0.1, -0.05) is 38.5 Å². The third-order valence-corrected chi connectivity index (χ3v) is 5.50. The number of esters is 2. The van der Waals surface area contributed by atoms with Gasteiger partial charge in [-0.05, 0) is 38.5 Å². The zero-order valence-corrected chi connectivity index (χ0v) is 21.8. The van der Waals surface area contributed by atoms with Crippen molar-refractivity contribution in [3.63, 3.8) is 0 Å². The number of ether oxygens (including phenoxy) is 3. The molecule has 0 aliphatic carbocycles. The second-order valence-electron chi connectivity index (χ2n) is 9.04. The van der Waals surface area contributed by atoms with Crippen molar-refractivity contribution in [2.75, 3.05) is 19.8 Å². The molecule has 0 aliphatic rings. The first-order valence-electron chi connectivity index (χ1n) is 13.3. The van der Waals surface area contributed by atoms with Gasteiger partial charge in [0, 0.05) is 38.7 Å². The lowest BCUT2D eigenvalue weighted by atomic mass is 10.1. The van der Waals surface area contributed by atoms with Gasteiger partial charge in [0.1, 0.15) is 6.61 Å². The first-order valence-corrected chi connectivity index (χ1v) is 13.3. The van der Waals surface area contributed by atoms with Gasteiger partial charge in [0.15, 0.2) is 6.10 Å². The third kappa shape index (κ3) is 26.2. The standard InChI is InChI=1S/C26H44O11/c27-22(28)13-7-1-3-10-16-25(33)36-20-21(19-35-18-12-6-5-9-15-24(31)32)37-26(34)17-11-4-2-8-14-23(29)30/h21H,1-20H2,(H,27,28)(H,29,30)(H,31,32). The van der Waals surface area contributed by atoms with E-state index in [9.17, 15) is 24.0 Å². The van der Waals surface area contributed by atoms with E-state index in [1.807, 2.05) is 0 Å². The zero-order chi connectivity index (χ0) is 27.7. The summed E-state index contributed by atoms with van der Waals surface area (Å²) in [5.74, 6) is -3.34. The minimum absolute atomic E-state index is 0.0714. The minimum Gasteiger partial charge on any atom is -0.481 e. The zero-order valence-electron chi connectivity index (χ0n) is 21.8. The van der Waals surface area contributed by atoms with E-state index in [1.165, 1.54) is 0 Å². The largest absolute Gasteiger partial charge is 0.481 e. The molecule has 0 saturated heterocycles. The number of hydrogen-bond acceptors (Lipinski definition) is 8. The molecule has 37 heavy (non-hydrogen) atoms. The maximum Gasteiger partial charge on any atom is 0.306 e. The molecular weight excluding hydrogens is 488 g/mol. The number of carboxylic acid groups (broad SMARTS) is 3. The van der Waals surface area contributed by atoms with Crippen LogP contribution in [0, 0.1) is 0 Å². The first-order chi connectivity index (χ1) is 17.7. The number of unbranched alkanes of at least 4 members (excludes halogenated alkanes) is 9. The van der Waals surface area contributed by atoms with Gasteiger partial charge < -0.3 is 29.5 Å². The summed E-state index contributed by atoms with van der Waals surface area (Å²) in [4.78, 5) is 55.8. The van der Waals surface area contributed by atoms with E-state index < -0.39 is 36.0 Å². The Labute approximate surface area is 218 Å². The summed E-state index contributed by atoms with van der Waals surface area (Å²) >= 11 is 0. The highest BCUT2D eigenvalue weighted by Gasteiger charge is 2.17. The predicted octanol–water partition coefficient (Wildman–Crippen LogP) is 4.34. The Balaban J connectivity index is 4.29. The number of rotatable bonds is 26. The van der Waals surface area contributed by atoms with E-state index in [2.05, 4.69) is 0 Å². The molecule has 3 N–H and O–H groups in total. The number of hydrogen-bond donors (Lipinski definition) is 3. The van der Waals surface area contributed by atoms with E-state index >= 15 is 0 Å². The van der Waals surface area contributed by atoms with Crippen molar-refractivity contribution in [1.29, 1.82) is 0 Å². The van der Waals surface area contributed by atoms with Crippen molar-refractivity contribution in [1.82, 2.24) is 0 Å². The average molecular weight is 533 g/mol. The lowest BCUT2D eigenvalue weighted by molar-refractivity contribution is -0.163. The Morgan fingerprint density at radius 1 is 0.486 bits per heavy atom.